The zero-order chi connectivity index (χ0) is 12.4. The average Bonchev–Trinajstić information content (AvgIpc) is 2.47. The van der Waals surface area contributed by atoms with Gasteiger partial charge in [0.1, 0.15) is 12.0 Å². The molecule has 3 rings (SSSR count). The molecule has 0 radical (unpaired) electrons. The van der Waals surface area contributed by atoms with Crippen LogP contribution in [0.15, 0.2) is 48.5 Å². The largest absolute Gasteiger partial charge is 0.473 e. The number of nitrogens with zero attached hydrogens (tertiary/aromatic N) is 1. The van der Waals surface area contributed by atoms with Crippen molar-refractivity contribution < 1.29 is 9.53 Å². The molecule has 0 atom stereocenters. The molecule has 0 N–H and O–H groups in total. The van der Waals surface area contributed by atoms with Gasteiger partial charge in [-0.1, -0.05) is 18.2 Å². The zero-order valence-electron chi connectivity index (χ0n) is 9.87. The lowest BCUT2D eigenvalue weighted by atomic mass is 10.1. The zero-order valence-corrected chi connectivity index (χ0v) is 9.87. The quantitative estimate of drug-likeness (QED) is 0.755. The van der Waals surface area contributed by atoms with Crippen LogP contribution in [-0.2, 0) is 6.54 Å². The highest BCUT2D eigenvalue weighted by molar-refractivity contribution is 5.75. The molecule has 0 amide bonds. The van der Waals surface area contributed by atoms with Crippen LogP contribution in [0.2, 0.25) is 0 Å². The van der Waals surface area contributed by atoms with E-state index in [2.05, 4.69) is 17.0 Å². The minimum Gasteiger partial charge on any atom is -0.473 e. The van der Waals surface area contributed by atoms with Crippen LogP contribution in [0.1, 0.15) is 15.9 Å². The summed E-state index contributed by atoms with van der Waals surface area (Å²) in [6.45, 7) is 1.30. The van der Waals surface area contributed by atoms with Gasteiger partial charge >= 0.3 is 0 Å². The number of anilines is 1. The van der Waals surface area contributed by atoms with E-state index in [1.54, 1.807) is 6.07 Å². The Labute approximate surface area is 106 Å². The molecule has 0 fully saturated rings. The number of ether oxygens (including phenoxy) is 1. The van der Waals surface area contributed by atoms with Crippen LogP contribution in [0.4, 0.5) is 5.69 Å². The average molecular weight is 239 g/mol. The summed E-state index contributed by atoms with van der Waals surface area (Å²) in [6.07, 6.45) is 0.863. The smallest absolute Gasteiger partial charge is 0.161 e. The Morgan fingerprint density at radius 2 is 1.94 bits per heavy atom. The molecule has 3 nitrogen and oxygen atoms in total. The molecular formula is C15H13NO2. The van der Waals surface area contributed by atoms with Gasteiger partial charge in [0, 0.05) is 23.4 Å². The molecule has 0 saturated heterocycles. The molecule has 0 spiro atoms. The van der Waals surface area contributed by atoms with Gasteiger partial charge in [0.15, 0.2) is 6.73 Å². The van der Waals surface area contributed by atoms with Crippen molar-refractivity contribution in [2.45, 2.75) is 6.54 Å². The minimum atomic E-state index is 0.539. The number of carbonyl (C=O) groups excluding carboxylic acids is 1. The second kappa shape index (κ2) is 4.53. The first-order valence-corrected chi connectivity index (χ1v) is 5.88. The van der Waals surface area contributed by atoms with E-state index in [1.165, 1.54) is 0 Å². The molecule has 0 unspecified atom stereocenters. The predicted octanol–water partition coefficient (Wildman–Crippen LogP) is 2.86. The Morgan fingerprint density at radius 3 is 2.72 bits per heavy atom. The third-order valence-corrected chi connectivity index (χ3v) is 3.08. The summed E-state index contributed by atoms with van der Waals surface area (Å²) in [6, 6.07) is 15.6. The lowest BCUT2D eigenvalue weighted by Gasteiger charge is -2.30. The van der Waals surface area contributed by atoms with Gasteiger partial charge < -0.3 is 9.64 Å². The Kier molecular flexibility index (Phi) is 2.73. The van der Waals surface area contributed by atoms with Gasteiger partial charge in [0.25, 0.3) is 0 Å². The lowest BCUT2D eigenvalue weighted by molar-refractivity contribution is 0.112. The highest BCUT2D eigenvalue weighted by Crippen LogP contribution is 2.28. The molecule has 0 aromatic heterocycles. The number of hydrogen-bond donors (Lipinski definition) is 0. The molecule has 90 valence electrons. The molecule has 0 bridgehead atoms. The van der Waals surface area contributed by atoms with Crippen LogP contribution in [0.25, 0.3) is 0 Å². The summed E-state index contributed by atoms with van der Waals surface area (Å²) < 4.78 is 5.70. The van der Waals surface area contributed by atoms with Crippen molar-refractivity contribution in [3.05, 3.63) is 59.7 Å². The van der Waals surface area contributed by atoms with E-state index in [1.807, 2.05) is 30.3 Å². The maximum absolute atomic E-state index is 10.8. The number of carbonyl (C=O) groups is 1. The first-order chi connectivity index (χ1) is 8.86. The van der Waals surface area contributed by atoms with Crippen LogP contribution < -0.4 is 9.64 Å². The van der Waals surface area contributed by atoms with Gasteiger partial charge in [-0.3, -0.25) is 4.79 Å². The minimum absolute atomic E-state index is 0.539. The van der Waals surface area contributed by atoms with E-state index >= 15 is 0 Å². The number of hydrogen-bond acceptors (Lipinski definition) is 3. The maximum Gasteiger partial charge on any atom is 0.161 e. The van der Waals surface area contributed by atoms with Gasteiger partial charge in [-0.2, -0.15) is 0 Å². The summed E-state index contributed by atoms with van der Waals surface area (Å²) in [5.41, 5.74) is 2.86. The summed E-state index contributed by atoms with van der Waals surface area (Å²) in [5, 5.41) is 0. The number of fused-ring (bicyclic) bond motifs is 1. The molecule has 0 saturated carbocycles. The van der Waals surface area contributed by atoms with E-state index in [9.17, 15) is 4.79 Å². The summed E-state index contributed by atoms with van der Waals surface area (Å²) in [5.74, 6) is 0.868. The Morgan fingerprint density at radius 1 is 1.11 bits per heavy atom. The second-order valence-corrected chi connectivity index (χ2v) is 4.29. The highest BCUT2D eigenvalue weighted by Gasteiger charge is 2.17. The standard InChI is InChI=1S/C15H13NO2/c17-10-12-6-7-15-13(8-12)9-16(11-18-15)14-4-2-1-3-5-14/h1-8,10H,9,11H2. The first kappa shape index (κ1) is 10.8. The Hall–Kier alpha value is -2.29. The third-order valence-electron chi connectivity index (χ3n) is 3.08. The normalized spacial score (nSPS) is 13.7. The predicted molar refractivity (Wildman–Crippen MR) is 69.9 cm³/mol. The van der Waals surface area contributed by atoms with Gasteiger partial charge in [0.05, 0.1) is 0 Å². The monoisotopic (exact) mass is 239 g/mol. The van der Waals surface area contributed by atoms with E-state index in [4.69, 9.17) is 4.74 Å². The number of aldehydes is 1. The number of benzene rings is 2. The van der Waals surface area contributed by atoms with E-state index < -0.39 is 0 Å². The van der Waals surface area contributed by atoms with Gasteiger partial charge in [0.2, 0.25) is 0 Å². The van der Waals surface area contributed by atoms with Crippen molar-refractivity contribution in [3.8, 4) is 5.75 Å². The van der Waals surface area contributed by atoms with Crippen LogP contribution in [0.3, 0.4) is 0 Å². The van der Waals surface area contributed by atoms with E-state index in [-0.39, 0.29) is 0 Å². The van der Waals surface area contributed by atoms with Gasteiger partial charge in [-0.15, -0.1) is 0 Å². The van der Waals surface area contributed by atoms with E-state index in [0.717, 1.165) is 29.8 Å². The molecule has 2 aromatic carbocycles. The Balaban J connectivity index is 1.90. The van der Waals surface area contributed by atoms with Gasteiger partial charge in [-0.25, -0.2) is 0 Å². The lowest BCUT2D eigenvalue weighted by Crippen LogP contribution is -2.31. The second-order valence-electron chi connectivity index (χ2n) is 4.29. The number of rotatable bonds is 2. The maximum atomic E-state index is 10.8. The molecule has 3 heteroatoms. The SMILES string of the molecule is O=Cc1ccc2c(c1)CN(c1ccccc1)CO2. The van der Waals surface area contributed by atoms with Crippen LogP contribution >= 0.6 is 0 Å². The fourth-order valence-corrected chi connectivity index (χ4v) is 2.14. The van der Waals surface area contributed by atoms with Crippen LogP contribution in [-0.4, -0.2) is 13.0 Å². The van der Waals surface area contributed by atoms with Crippen molar-refractivity contribution >= 4 is 12.0 Å². The van der Waals surface area contributed by atoms with Crippen LogP contribution in [0, 0.1) is 0 Å². The van der Waals surface area contributed by atoms with Crippen molar-refractivity contribution in [1.29, 1.82) is 0 Å². The van der Waals surface area contributed by atoms with Gasteiger partial charge in [-0.05, 0) is 30.3 Å². The molecular weight excluding hydrogens is 226 g/mol. The molecule has 2 aromatic rings. The molecule has 0 aliphatic carbocycles. The third kappa shape index (κ3) is 1.95. The molecule has 1 heterocycles. The first-order valence-electron chi connectivity index (χ1n) is 5.88. The fourth-order valence-electron chi connectivity index (χ4n) is 2.14. The number of para-hydroxylation sites is 1. The summed E-state index contributed by atoms with van der Waals surface area (Å²) in [7, 11) is 0. The molecule has 1 aliphatic heterocycles. The van der Waals surface area contributed by atoms with Crippen molar-refractivity contribution in [2.75, 3.05) is 11.6 Å². The van der Waals surface area contributed by atoms with Crippen molar-refractivity contribution in [3.63, 3.8) is 0 Å². The summed E-state index contributed by atoms with van der Waals surface area (Å²) in [4.78, 5) is 12.9. The van der Waals surface area contributed by atoms with Crippen molar-refractivity contribution in [1.82, 2.24) is 0 Å². The fraction of sp³-hybridized carbons (Fsp3) is 0.133. The van der Waals surface area contributed by atoms with Crippen molar-refractivity contribution in [2.24, 2.45) is 0 Å². The Bertz CT molecular complexity index is 566. The van der Waals surface area contributed by atoms with E-state index in [0.29, 0.717) is 12.3 Å². The molecule has 18 heavy (non-hydrogen) atoms. The van der Waals surface area contributed by atoms with Crippen LogP contribution in [0.5, 0.6) is 5.75 Å². The summed E-state index contributed by atoms with van der Waals surface area (Å²) >= 11 is 0. The molecule has 1 aliphatic rings. The highest BCUT2D eigenvalue weighted by atomic mass is 16.5. The topological polar surface area (TPSA) is 29.5 Å².